The SMILES string of the molecule is COC[C@@H]1[C@H]2CN(c3ccc(CCC(=O)O)cc3)C(=O)N2CCN1CC1=C(C(=O)OC)C(c2cccc(F)c2Cl)N=C(c2nccs2)N1. The van der Waals surface area contributed by atoms with E-state index in [-0.39, 0.29) is 41.7 Å². The van der Waals surface area contributed by atoms with Crippen LogP contribution in [-0.2, 0) is 25.5 Å². The lowest BCUT2D eigenvalue weighted by molar-refractivity contribution is -0.137. The number of piperazine rings is 1. The fourth-order valence-corrected chi connectivity index (χ4v) is 7.29. The van der Waals surface area contributed by atoms with Crippen molar-refractivity contribution in [3.63, 3.8) is 0 Å². The molecular weight excluding hydrogens is 663 g/mol. The fourth-order valence-electron chi connectivity index (χ4n) is 6.47. The first-order chi connectivity index (χ1) is 23.2. The molecule has 252 valence electrons. The molecule has 3 atom stereocenters. The number of rotatable bonds is 11. The third-order valence-electron chi connectivity index (χ3n) is 8.80. The maximum absolute atomic E-state index is 14.7. The number of halogens is 2. The second-order valence-corrected chi connectivity index (χ2v) is 12.8. The van der Waals surface area contributed by atoms with Gasteiger partial charge in [0, 0.05) is 68.2 Å². The Morgan fingerprint density at radius 1 is 1.17 bits per heavy atom. The van der Waals surface area contributed by atoms with E-state index in [2.05, 4.69) is 15.2 Å². The van der Waals surface area contributed by atoms with Gasteiger partial charge in [-0.2, -0.15) is 0 Å². The third kappa shape index (κ3) is 6.65. The molecular formula is C33H34ClFN6O6S. The number of ether oxygens (including phenoxy) is 2. The number of aliphatic imine (C=N–C) groups is 1. The number of amidine groups is 1. The van der Waals surface area contributed by atoms with Crippen molar-refractivity contribution in [2.45, 2.75) is 31.0 Å². The monoisotopic (exact) mass is 696 g/mol. The van der Waals surface area contributed by atoms with Crippen LogP contribution in [0.5, 0.6) is 0 Å². The number of carboxylic acids is 1. The van der Waals surface area contributed by atoms with E-state index in [4.69, 9.17) is 31.2 Å². The molecule has 0 saturated carbocycles. The maximum Gasteiger partial charge on any atom is 0.338 e. The molecule has 12 nitrogen and oxygen atoms in total. The van der Waals surface area contributed by atoms with Gasteiger partial charge in [-0.05, 0) is 30.2 Å². The summed E-state index contributed by atoms with van der Waals surface area (Å²) in [5.41, 5.74) is 2.60. The summed E-state index contributed by atoms with van der Waals surface area (Å²) in [6, 6.07) is 10.2. The van der Waals surface area contributed by atoms with E-state index in [9.17, 15) is 18.8 Å². The molecule has 2 N–H and O–H groups in total. The predicted molar refractivity (Wildman–Crippen MR) is 178 cm³/mol. The van der Waals surface area contributed by atoms with Crippen LogP contribution in [0.25, 0.3) is 0 Å². The highest BCUT2D eigenvalue weighted by atomic mass is 35.5. The number of esters is 1. The Morgan fingerprint density at radius 3 is 2.65 bits per heavy atom. The van der Waals surface area contributed by atoms with Crippen molar-refractivity contribution in [3.8, 4) is 0 Å². The van der Waals surface area contributed by atoms with Crippen LogP contribution in [0.1, 0.15) is 28.6 Å². The number of anilines is 1. The molecule has 0 bridgehead atoms. The van der Waals surface area contributed by atoms with E-state index in [1.165, 1.54) is 30.6 Å². The van der Waals surface area contributed by atoms with Crippen LogP contribution in [0.4, 0.5) is 14.9 Å². The zero-order valence-corrected chi connectivity index (χ0v) is 27.8. The number of hydrogen-bond acceptors (Lipinski definition) is 10. The van der Waals surface area contributed by atoms with Gasteiger partial charge < -0.3 is 24.8 Å². The van der Waals surface area contributed by atoms with Crippen molar-refractivity contribution in [1.82, 2.24) is 20.1 Å². The third-order valence-corrected chi connectivity index (χ3v) is 9.98. The van der Waals surface area contributed by atoms with Crippen molar-refractivity contribution >= 4 is 52.4 Å². The van der Waals surface area contributed by atoms with Crippen molar-refractivity contribution in [2.24, 2.45) is 4.99 Å². The molecule has 0 radical (unpaired) electrons. The first-order valence-corrected chi connectivity index (χ1v) is 16.6. The van der Waals surface area contributed by atoms with Crippen molar-refractivity contribution < 1.29 is 33.4 Å². The summed E-state index contributed by atoms with van der Waals surface area (Å²) in [5.74, 6) is -1.72. The summed E-state index contributed by atoms with van der Waals surface area (Å²) >= 11 is 7.81. The van der Waals surface area contributed by atoms with E-state index in [1.807, 2.05) is 34.5 Å². The summed E-state index contributed by atoms with van der Waals surface area (Å²) in [5, 5.41) is 14.6. The predicted octanol–water partition coefficient (Wildman–Crippen LogP) is 4.11. The van der Waals surface area contributed by atoms with Gasteiger partial charge in [0.05, 0.1) is 36.4 Å². The van der Waals surface area contributed by atoms with Gasteiger partial charge in [0.2, 0.25) is 0 Å². The highest BCUT2D eigenvalue weighted by Gasteiger charge is 2.47. The second kappa shape index (κ2) is 14.4. The molecule has 1 unspecified atom stereocenters. The lowest BCUT2D eigenvalue weighted by atomic mass is 9.94. The van der Waals surface area contributed by atoms with Gasteiger partial charge in [0.25, 0.3) is 0 Å². The average Bonchev–Trinajstić information content (AvgIpc) is 3.74. The smallest absolute Gasteiger partial charge is 0.338 e. The molecule has 2 saturated heterocycles. The molecule has 6 rings (SSSR count). The Labute approximate surface area is 285 Å². The Morgan fingerprint density at radius 2 is 1.96 bits per heavy atom. The molecule has 2 amide bonds. The minimum absolute atomic E-state index is 0.0303. The van der Waals surface area contributed by atoms with Gasteiger partial charge in [-0.3, -0.25) is 19.6 Å². The summed E-state index contributed by atoms with van der Waals surface area (Å²) in [6.45, 7) is 1.87. The summed E-state index contributed by atoms with van der Waals surface area (Å²) < 4.78 is 25.6. The fraction of sp³-hybridized carbons (Fsp3) is 0.364. The Bertz CT molecular complexity index is 1750. The van der Waals surface area contributed by atoms with Crippen LogP contribution in [0.15, 0.2) is 70.3 Å². The van der Waals surface area contributed by atoms with Crippen LogP contribution in [0, 0.1) is 5.82 Å². The first-order valence-electron chi connectivity index (χ1n) is 15.3. The number of carboxylic acid groups (broad SMARTS) is 1. The maximum atomic E-state index is 14.7. The number of hydrogen-bond donors (Lipinski definition) is 2. The number of aryl methyl sites for hydroxylation is 1. The van der Waals surface area contributed by atoms with Crippen LogP contribution >= 0.6 is 22.9 Å². The molecule has 2 aromatic carbocycles. The molecule has 3 aliphatic heterocycles. The van der Waals surface area contributed by atoms with E-state index >= 15 is 0 Å². The van der Waals surface area contributed by atoms with E-state index in [1.54, 1.807) is 24.3 Å². The molecule has 3 aromatic rings. The Hall–Kier alpha value is -4.37. The largest absolute Gasteiger partial charge is 0.481 e. The second-order valence-electron chi connectivity index (χ2n) is 11.6. The Kier molecular flexibility index (Phi) is 10.1. The minimum Gasteiger partial charge on any atom is -0.481 e. The lowest BCUT2D eigenvalue weighted by Crippen LogP contribution is -2.61. The van der Waals surface area contributed by atoms with Crippen LogP contribution in [0.3, 0.4) is 0 Å². The molecule has 0 aliphatic carbocycles. The molecule has 15 heteroatoms. The standard InChI is InChI=1S/C33H34ClFN6O6S/c1-46-18-25-24-17-41(20-9-6-19(7-10-20)8-11-26(42)43)33(45)40(24)14-13-39(25)16-23-27(32(44)47-2)29(21-4-3-5-22(35)28(21)34)38-30(37-23)31-36-12-15-48-31/h3-7,9-10,12,15,24-25,29H,8,11,13-14,16-18H2,1-2H3,(H,37,38)(H,42,43)/t24-,25-,29?/m1/s1. The highest BCUT2D eigenvalue weighted by molar-refractivity contribution is 7.11. The average molecular weight is 697 g/mol. The molecule has 3 aliphatic rings. The molecule has 1 aromatic heterocycles. The van der Waals surface area contributed by atoms with Gasteiger partial charge in [0.1, 0.15) is 11.9 Å². The quantitative estimate of drug-likeness (QED) is 0.284. The van der Waals surface area contributed by atoms with Crippen molar-refractivity contribution in [1.29, 1.82) is 0 Å². The number of nitrogens with one attached hydrogen (secondary N) is 1. The molecule has 48 heavy (non-hydrogen) atoms. The molecule has 0 spiro atoms. The summed E-state index contributed by atoms with van der Waals surface area (Å²) in [6.07, 6.45) is 2.08. The number of carbonyl (C=O) groups is 3. The zero-order valence-electron chi connectivity index (χ0n) is 26.3. The first kappa shape index (κ1) is 33.5. The van der Waals surface area contributed by atoms with E-state index < -0.39 is 23.8 Å². The van der Waals surface area contributed by atoms with Crippen molar-refractivity contribution in [3.05, 3.63) is 92.3 Å². The van der Waals surface area contributed by atoms with Gasteiger partial charge in [-0.1, -0.05) is 35.9 Å². The van der Waals surface area contributed by atoms with E-state index in [0.29, 0.717) is 54.8 Å². The summed E-state index contributed by atoms with van der Waals surface area (Å²) in [4.78, 5) is 53.0. The number of aromatic nitrogens is 1. The number of methoxy groups -OCH3 is 2. The number of urea groups is 1. The van der Waals surface area contributed by atoms with Gasteiger partial charge in [-0.25, -0.2) is 19.0 Å². The van der Waals surface area contributed by atoms with Gasteiger partial charge in [-0.15, -0.1) is 11.3 Å². The van der Waals surface area contributed by atoms with Gasteiger partial charge in [0.15, 0.2) is 10.8 Å². The van der Waals surface area contributed by atoms with Gasteiger partial charge >= 0.3 is 18.0 Å². The minimum atomic E-state index is -0.972. The van der Waals surface area contributed by atoms with Crippen LogP contribution in [-0.4, -0.2) is 103 Å². The number of aliphatic carboxylic acids is 1. The number of carbonyl (C=O) groups excluding carboxylic acids is 2. The lowest BCUT2D eigenvalue weighted by Gasteiger charge is -2.44. The molecule has 4 heterocycles. The number of fused-ring (bicyclic) bond motifs is 1. The van der Waals surface area contributed by atoms with E-state index in [0.717, 1.165) is 11.3 Å². The Balaban J connectivity index is 1.31. The van der Waals surface area contributed by atoms with Crippen LogP contribution in [0.2, 0.25) is 5.02 Å². The van der Waals surface area contributed by atoms with Crippen molar-refractivity contribution in [2.75, 3.05) is 51.9 Å². The number of amides is 2. The molecule has 2 fully saturated rings. The number of benzene rings is 2. The number of nitrogens with zero attached hydrogens (tertiary/aromatic N) is 5. The summed E-state index contributed by atoms with van der Waals surface area (Å²) in [7, 11) is 2.88. The number of thiazole rings is 1. The highest BCUT2D eigenvalue weighted by Crippen LogP contribution is 2.38. The zero-order chi connectivity index (χ0) is 33.9. The normalized spacial score (nSPS) is 21.2. The van der Waals surface area contributed by atoms with Crippen LogP contribution < -0.4 is 10.2 Å². The topological polar surface area (TPSA) is 137 Å².